The molecule has 4 amide bonds. The van der Waals surface area contributed by atoms with Gasteiger partial charge in [-0.05, 0) is 66.8 Å². The van der Waals surface area contributed by atoms with Crippen molar-refractivity contribution in [3.63, 3.8) is 0 Å². The summed E-state index contributed by atoms with van der Waals surface area (Å²) < 4.78 is 11.6. The van der Waals surface area contributed by atoms with Crippen molar-refractivity contribution in [1.82, 2.24) is 10.2 Å². The van der Waals surface area contributed by atoms with Crippen LogP contribution in [0.3, 0.4) is 0 Å². The average Bonchev–Trinajstić information content (AvgIpc) is 3.69. The molecule has 0 unspecified atom stereocenters. The van der Waals surface area contributed by atoms with Crippen LogP contribution in [-0.2, 0) is 23.9 Å². The largest absolute Gasteiger partial charge is 0.451 e. The number of hydrogen-bond acceptors (Lipinski definition) is 9. The maximum Gasteiger partial charge on any atom is 0.408 e. The number of nitrogens with one attached hydrogen (secondary N) is 1. The monoisotopic (exact) mass is 686 g/mol. The Balaban J connectivity index is 1.32. The molecule has 248 valence electrons. The Morgan fingerprint density at radius 2 is 1.65 bits per heavy atom. The van der Waals surface area contributed by atoms with E-state index >= 15 is 0 Å². The first-order valence-electron chi connectivity index (χ1n) is 15.3. The van der Waals surface area contributed by atoms with Crippen molar-refractivity contribution in [3.05, 3.63) is 111 Å². The smallest absolute Gasteiger partial charge is 0.408 e. The number of fused-ring (bicyclic) bond motifs is 1. The van der Waals surface area contributed by atoms with Crippen LogP contribution in [0.2, 0.25) is 0 Å². The Bertz CT molecular complexity index is 1780. The fraction of sp³-hybridized carbons (Fsp3) is 0.286. The zero-order valence-electron chi connectivity index (χ0n) is 26.5. The molecule has 4 heterocycles. The third-order valence-corrected chi connectivity index (χ3v) is 10.1. The zero-order valence-corrected chi connectivity index (χ0v) is 28.1. The number of nitrogens with zero attached hydrogens (tertiary/aromatic N) is 2. The van der Waals surface area contributed by atoms with Crippen LogP contribution >= 0.6 is 23.1 Å². The van der Waals surface area contributed by atoms with Gasteiger partial charge in [-0.2, -0.15) is 0 Å². The van der Waals surface area contributed by atoms with Crippen LogP contribution in [0, 0.1) is 0 Å². The Morgan fingerprint density at radius 3 is 2.25 bits per heavy atom. The molecular formula is C35H34N4O7S2. The van der Waals surface area contributed by atoms with E-state index in [1.54, 1.807) is 43.7 Å². The first kappa shape index (κ1) is 33.0. The van der Waals surface area contributed by atoms with Crippen molar-refractivity contribution < 1.29 is 33.4 Å². The van der Waals surface area contributed by atoms with Gasteiger partial charge < -0.3 is 25.4 Å². The molecule has 0 radical (unpaired) electrons. The summed E-state index contributed by atoms with van der Waals surface area (Å²) in [6.07, 6.45) is 0.446. The van der Waals surface area contributed by atoms with Gasteiger partial charge in [0.1, 0.15) is 22.0 Å². The molecule has 1 aromatic heterocycles. The number of β-lactam (4-membered cyclic amide) rings is 1. The highest BCUT2D eigenvalue weighted by molar-refractivity contribution is 8.03. The highest BCUT2D eigenvalue weighted by Crippen LogP contribution is 2.43. The lowest BCUT2D eigenvalue weighted by Gasteiger charge is -2.51. The summed E-state index contributed by atoms with van der Waals surface area (Å²) >= 11 is 2.49. The van der Waals surface area contributed by atoms with Gasteiger partial charge in [-0.25, -0.2) is 9.59 Å². The average molecular weight is 687 g/mol. The van der Waals surface area contributed by atoms with E-state index in [0.717, 1.165) is 11.1 Å². The van der Waals surface area contributed by atoms with E-state index in [-0.39, 0.29) is 11.5 Å². The number of amides is 4. The number of anilines is 1. The molecule has 3 aliphatic rings. The summed E-state index contributed by atoms with van der Waals surface area (Å²) in [6, 6.07) is 18.0. The number of nitrogens with two attached hydrogens (primary N) is 1. The number of rotatable bonds is 8. The maximum atomic E-state index is 14.3. The van der Waals surface area contributed by atoms with Gasteiger partial charge in [0, 0.05) is 12.1 Å². The molecule has 2 fully saturated rings. The molecule has 13 heteroatoms. The first-order valence-corrected chi connectivity index (χ1v) is 17.1. The quantitative estimate of drug-likeness (QED) is 0.193. The molecule has 3 N–H and O–H groups in total. The number of carbonyl (C=O) groups excluding carboxylic acids is 5. The zero-order chi connectivity index (χ0) is 34.2. The van der Waals surface area contributed by atoms with E-state index in [1.165, 1.54) is 32.9 Å². The predicted molar refractivity (Wildman–Crippen MR) is 182 cm³/mol. The van der Waals surface area contributed by atoms with Crippen LogP contribution in [0.5, 0.6) is 0 Å². The second-order valence-corrected chi connectivity index (χ2v) is 14.3. The normalized spacial score (nSPS) is 21.5. The summed E-state index contributed by atoms with van der Waals surface area (Å²) in [5.74, 6) is -2.13. The molecule has 2 saturated heterocycles. The number of esters is 1. The van der Waals surface area contributed by atoms with Crippen molar-refractivity contribution in [2.75, 3.05) is 11.4 Å². The number of carbonyl (C=O) groups is 5. The standard InChI is InChI=1S/C35H34N4O7S2/c1-35(2,3)46-34(44)37-25-30(42)39-26(33(43)45-27(20-10-6-4-7-11-20)21-12-8-5-9-13-21)23(19-48-32(25)39)18-22-14-16-38(29(22)41)31-24(28(36)40)15-17-47-31/h4-13,15,17-19,25-27,32H,14,16H2,1-3H3,(H2,36,40)(H,37,44)/t25-,26-,32-/m1/s1. The van der Waals surface area contributed by atoms with Gasteiger partial charge in [-0.1, -0.05) is 60.7 Å². The highest BCUT2D eigenvalue weighted by Gasteiger charge is 2.56. The van der Waals surface area contributed by atoms with E-state index in [9.17, 15) is 24.0 Å². The molecule has 3 aromatic rings. The number of alkyl carbamates (subject to hydrolysis) is 1. The van der Waals surface area contributed by atoms with E-state index < -0.39 is 53.0 Å². The minimum Gasteiger partial charge on any atom is -0.451 e. The Hall–Kier alpha value is -4.88. The summed E-state index contributed by atoms with van der Waals surface area (Å²) in [5, 5.41) is 5.91. The summed E-state index contributed by atoms with van der Waals surface area (Å²) in [6.45, 7) is 5.48. The second kappa shape index (κ2) is 13.3. The summed E-state index contributed by atoms with van der Waals surface area (Å²) in [5.41, 5.74) is 7.30. The fourth-order valence-corrected chi connectivity index (χ4v) is 7.94. The molecule has 48 heavy (non-hydrogen) atoms. The predicted octanol–water partition coefficient (Wildman–Crippen LogP) is 4.90. The van der Waals surface area contributed by atoms with Crippen molar-refractivity contribution in [3.8, 4) is 0 Å². The van der Waals surface area contributed by atoms with Crippen LogP contribution < -0.4 is 16.0 Å². The number of primary amides is 1. The van der Waals surface area contributed by atoms with E-state index in [1.807, 2.05) is 60.7 Å². The summed E-state index contributed by atoms with van der Waals surface area (Å²) in [7, 11) is 0. The van der Waals surface area contributed by atoms with Crippen LogP contribution in [0.4, 0.5) is 9.80 Å². The van der Waals surface area contributed by atoms with E-state index in [0.29, 0.717) is 29.1 Å². The fourth-order valence-electron chi connectivity index (χ4n) is 5.81. The number of hydrogen-bond donors (Lipinski definition) is 2. The maximum absolute atomic E-state index is 14.3. The van der Waals surface area contributed by atoms with Gasteiger partial charge in [0.05, 0.1) is 5.56 Å². The molecule has 6 rings (SSSR count). The van der Waals surface area contributed by atoms with Gasteiger partial charge in [0.2, 0.25) is 5.91 Å². The number of ether oxygens (including phenoxy) is 2. The van der Waals surface area contributed by atoms with E-state index in [4.69, 9.17) is 15.2 Å². The Labute approximate surface area is 285 Å². The van der Waals surface area contributed by atoms with Gasteiger partial charge in [-0.3, -0.25) is 19.3 Å². The topological polar surface area (TPSA) is 148 Å². The van der Waals surface area contributed by atoms with Gasteiger partial charge in [0.15, 0.2) is 12.1 Å². The van der Waals surface area contributed by atoms with Gasteiger partial charge >= 0.3 is 12.1 Å². The van der Waals surface area contributed by atoms with Crippen molar-refractivity contribution in [2.45, 2.75) is 56.4 Å². The van der Waals surface area contributed by atoms with Gasteiger partial charge in [0.25, 0.3) is 11.8 Å². The third-order valence-electron chi connectivity index (χ3n) is 7.97. The van der Waals surface area contributed by atoms with Crippen LogP contribution in [-0.4, -0.2) is 64.3 Å². The Morgan fingerprint density at radius 1 is 1.00 bits per heavy atom. The molecule has 11 nitrogen and oxygen atoms in total. The summed E-state index contributed by atoms with van der Waals surface area (Å²) in [4.78, 5) is 69.0. The Kier molecular flexibility index (Phi) is 9.17. The molecule has 2 aromatic carbocycles. The lowest BCUT2D eigenvalue weighted by molar-refractivity contribution is -0.164. The molecule has 3 atom stereocenters. The van der Waals surface area contributed by atoms with Crippen LogP contribution in [0.15, 0.2) is 94.7 Å². The lowest BCUT2D eigenvalue weighted by Crippen LogP contribution is -2.74. The third kappa shape index (κ3) is 6.60. The molecule has 0 aliphatic carbocycles. The first-order chi connectivity index (χ1) is 22.9. The number of thioether (sulfide) groups is 1. The van der Waals surface area contributed by atoms with Crippen LogP contribution in [0.1, 0.15) is 54.8 Å². The second-order valence-electron chi connectivity index (χ2n) is 12.4. The molecule has 0 saturated carbocycles. The van der Waals surface area contributed by atoms with Crippen molar-refractivity contribution in [2.24, 2.45) is 5.73 Å². The number of thiophene rings is 1. The molecule has 0 bridgehead atoms. The SMILES string of the molecule is CC(C)(C)OC(=O)N[C@@H]1C(=O)N2[C@@H](C(=O)OC(c3ccccc3)c3ccccc3)C(C=C3CCN(c4sccc4C(N)=O)C3=O)=CS[C@H]12. The minimum absolute atomic E-state index is 0.258. The lowest BCUT2D eigenvalue weighted by atomic mass is 9.95. The van der Waals surface area contributed by atoms with Gasteiger partial charge in [-0.15, -0.1) is 23.1 Å². The van der Waals surface area contributed by atoms with Crippen LogP contribution in [0.25, 0.3) is 0 Å². The minimum atomic E-state index is -1.20. The molecule has 0 spiro atoms. The van der Waals surface area contributed by atoms with Crippen molar-refractivity contribution >= 4 is 57.9 Å². The number of benzene rings is 2. The molecular weight excluding hydrogens is 653 g/mol. The van der Waals surface area contributed by atoms with Crippen molar-refractivity contribution in [1.29, 1.82) is 0 Å². The molecule has 3 aliphatic heterocycles. The van der Waals surface area contributed by atoms with E-state index in [2.05, 4.69) is 5.32 Å². The highest BCUT2D eigenvalue weighted by atomic mass is 32.2.